The van der Waals surface area contributed by atoms with Gasteiger partial charge in [0.2, 0.25) is 0 Å². The second kappa shape index (κ2) is 7.86. The first kappa shape index (κ1) is 21.1. The van der Waals surface area contributed by atoms with Crippen molar-refractivity contribution in [3.63, 3.8) is 0 Å². The monoisotopic (exact) mass is 451 g/mol. The number of hydrogen-bond donors (Lipinski definition) is 0. The summed E-state index contributed by atoms with van der Waals surface area (Å²) in [4.78, 5) is 16.0. The molecule has 2 aromatic carbocycles. The first-order valence-corrected chi connectivity index (χ1v) is 11.0. The number of halogens is 3. The molecule has 0 N–H and O–H groups in total. The van der Waals surface area contributed by atoms with E-state index in [1.54, 1.807) is 6.92 Å². The van der Waals surface area contributed by atoms with Gasteiger partial charge in [-0.15, -0.1) is 12.4 Å². The molecule has 1 saturated carbocycles. The normalized spacial score (nSPS) is 30.2. The number of nitrogens with zero attached hydrogens (tertiary/aromatic N) is 2. The van der Waals surface area contributed by atoms with Crippen LogP contribution in [0.15, 0.2) is 42.5 Å². The molecule has 2 aromatic rings. The second-order valence-electron chi connectivity index (χ2n) is 8.46. The number of amides is 1. The van der Waals surface area contributed by atoms with Gasteiger partial charge in [0.05, 0.1) is 23.5 Å². The lowest BCUT2D eigenvalue weighted by atomic mass is 9.88. The fourth-order valence-corrected chi connectivity index (χ4v) is 6.02. The highest BCUT2D eigenvalue weighted by Gasteiger charge is 2.66. The highest BCUT2D eigenvalue weighted by atomic mass is 35.5. The Labute approximate surface area is 188 Å². The Hall–Kier alpha value is -1.10. The molecule has 0 radical (unpaired) electrons. The molecular formula is C23H26Cl3N2O+. The minimum absolute atomic E-state index is 0. The van der Waals surface area contributed by atoms with Gasteiger partial charge < -0.3 is 0 Å². The van der Waals surface area contributed by atoms with Crippen molar-refractivity contribution in [1.29, 1.82) is 0 Å². The van der Waals surface area contributed by atoms with E-state index in [0.717, 1.165) is 31.7 Å². The Morgan fingerprint density at radius 1 is 1.07 bits per heavy atom. The smallest absolute Gasteiger partial charge is 0.297 e. The van der Waals surface area contributed by atoms with E-state index in [9.17, 15) is 4.79 Å². The molecule has 3 aliphatic rings. The van der Waals surface area contributed by atoms with Crippen LogP contribution in [0.25, 0.3) is 0 Å². The highest BCUT2D eigenvalue weighted by molar-refractivity contribution is 6.42. The summed E-state index contributed by atoms with van der Waals surface area (Å²) < 4.78 is 0.370. The number of carbonyl (C=O) groups excluding carboxylic acids is 1. The summed E-state index contributed by atoms with van der Waals surface area (Å²) in [5.41, 5.74) is 3.74. The molecule has 4 atom stereocenters. The molecular weight excluding hydrogens is 427 g/mol. The van der Waals surface area contributed by atoms with Crippen molar-refractivity contribution in [1.82, 2.24) is 9.38 Å². The number of hydrogen-bond acceptors (Lipinski definition) is 2. The van der Waals surface area contributed by atoms with Crippen LogP contribution in [-0.4, -0.2) is 36.5 Å². The zero-order valence-electron chi connectivity index (χ0n) is 16.5. The largest absolute Gasteiger partial charge is 0.316 e. The van der Waals surface area contributed by atoms with Crippen LogP contribution in [0.2, 0.25) is 10.0 Å². The summed E-state index contributed by atoms with van der Waals surface area (Å²) in [6, 6.07) is 14.9. The third-order valence-corrected chi connectivity index (χ3v) is 7.75. The van der Waals surface area contributed by atoms with Crippen LogP contribution in [0.3, 0.4) is 0 Å². The van der Waals surface area contributed by atoms with Gasteiger partial charge in [-0.2, -0.15) is 0 Å². The second-order valence-corrected chi connectivity index (χ2v) is 9.27. The van der Waals surface area contributed by atoms with E-state index < -0.39 is 0 Å². The number of benzene rings is 2. The third-order valence-electron chi connectivity index (χ3n) is 7.01. The van der Waals surface area contributed by atoms with Gasteiger partial charge in [-0.3, -0.25) is 4.90 Å². The van der Waals surface area contributed by atoms with Gasteiger partial charge >= 0.3 is 5.91 Å². The lowest BCUT2D eigenvalue weighted by molar-refractivity contribution is -0.132. The van der Waals surface area contributed by atoms with Gasteiger partial charge in [0.25, 0.3) is 0 Å². The molecule has 29 heavy (non-hydrogen) atoms. The van der Waals surface area contributed by atoms with Crippen molar-refractivity contribution >= 4 is 47.2 Å². The molecule has 1 aliphatic carbocycles. The van der Waals surface area contributed by atoms with Crippen LogP contribution in [0.4, 0.5) is 5.69 Å². The van der Waals surface area contributed by atoms with Crippen LogP contribution in [0, 0.1) is 0 Å². The molecule has 3 nitrogen and oxygen atoms in total. The summed E-state index contributed by atoms with van der Waals surface area (Å²) in [5.74, 6) is 0.647. The zero-order chi connectivity index (χ0) is 19.5. The Kier molecular flexibility index (Phi) is 5.73. The van der Waals surface area contributed by atoms with Crippen molar-refractivity contribution in [2.75, 3.05) is 19.6 Å². The van der Waals surface area contributed by atoms with Gasteiger partial charge in [0.15, 0.2) is 0 Å². The van der Waals surface area contributed by atoms with Crippen LogP contribution in [-0.2, 0) is 4.79 Å². The van der Waals surface area contributed by atoms with Crippen molar-refractivity contribution < 1.29 is 4.79 Å². The standard InChI is InChI=1S/C23H25Cl2N2O.ClH/c1-15(28)27(16-8-9-20(24)21(25)12-16)22-13-19(22)17-6-2-3-7-18(17)23(27)14-26-10-4-5-11-26;/h2-3,6-9,12,19,22-23H,4-5,10-11,13-14H2,1H3;1H/q+1;. The maximum absolute atomic E-state index is 13.4. The van der Waals surface area contributed by atoms with Crippen LogP contribution < -0.4 is 4.48 Å². The molecule has 5 rings (SSSR count). The molecule has 2 heterocycles. The molecule has 1 amide bonds. The van der Waals surface area contributed by atoms with E-state index in [4.69, 9.17) is 23.2 Å². The van der Waals surface area contributed by atoms with E-state index in [1.807, 2.05) is 18.2 Å². The number of fused-ring (bicyclic) bond motifs is 3. The summed E-state index contributed by atoms with van der Waals surface area (Å²) in [7, 11) is 0. The lowest BCUT2D eigenvalue weighted by Gasteiger charge is -2.46. The number of rotatable bonds is 3. The van der Waals surface area contributed by atoms with Crippen molar-refractivity contribution in [2.24, 2.45) is 0 Å². The topological polar surface area (TPSA) is 20.3 Å². The Morgan fingerprint density at radius 3 is 2.41 bits per heavy atom. The summed E-state index contributed by atoms with van der Waals surface area (Å²) >= 11 is 12.6. The Bertz CT molecular complexity index is 943. The molecule has 6 heteroatoms. The SMILES string of the molecule is CC(=O)[N+]1(c2ccc(Cl)c(Cl)c2)C(CN2CCCC2)c2ccccc2C2CC21.Cl. The van der Waals surface area contributed by atoms with Gasteiger partial charge in [0.1, 0.15) is 17.8 Å². The predicted octanol–water partition coefficient (Wildman–Crippen LogP) is 5.98. The average Bonchev–Trinajstić information content (AvgIpc) is 3.32. The van der Waals surface area contributed by atoms with E-state index in [1.165, 1.54) is 24.0 Å². The summed E-state index contributed by atoms with van der Waals surface area (Å²) in [6.07, 6.45) is 3.54. The minimum Gasteiger partial charge on any atom is -0.297 e. The fraction of sp³-hybridized carbons (Fsp3) is 0.435. The first-order chi connectivity index (χ1) is 13.5. The van der Waals surface area contributed by atoms with Crippen molar-refractivity contribution in [3.05, 3.63) is 63.6 Å². The first-order valence-electron chi connectivity index (χ1n) is 10.2. The summed E-state index contributed by atoms with van der Waals surface area (Å²) in [6.45, 7) is 4.89. The average molecular weight is 453 g/mol. The molecule has 154 valence electrons. The maximum Gasteiger partial charge on any atom is 0.316 e. The molecule has 0 spiro atoms. The number of carbonyl (C=O) groups is 1. The van der Waals surface area contributed by atoms with E-state index in [-0.39, 0.29) is 30.4 Å². The lowest BCUT2D eigenvalue weighted by Crippen LogP contribution is -2.61. The Balaban J connectivity index is 0.00000205. The molecule has 0 bridgehead atoms. The van der Waals surface area contributed by atoms with Crippen molar-refractivity contribution in [2.45, 2.75) is 44.2 Å². The third kappa shape index (κ3) is 3.23. The van der Waals surface area contributed by atoms with Gasteiger partial charge in [-0.25, -0.2) is 9.28 Å². The van der Waals surface area contributed by atoms with E-state index in [0.29, 0.717) is 20.4 Å². The quantitative estimate of drug-likeness (QED) is 0.534. The number of likely N-dealkylation sites (tertiary alicyclic amines) is 1. The minimum atomic E-state index is 0. The predicted molar refractivity (Wildman–Crippen MR) is 122 cm³/mol. The van der Waals surface area contributed by atoms with E-state index >= 15 is 0 Å². The summed E-state index contributed by atoms with van der Waals surface area (Å²) in [5, 5.41) is 1.06. The molecule has 2 aliphatic heterocycles. The van der Waals surface area contributed by atoms with Crippen LogP contribution in [0.1, 0.15) is 49.3 Å². The van der Waals surface area contributed by atoms with Gasteiger partial charge in [-0.05, 0) is 37.6 Å². The zero-order valence-corrected chi connectivity index (χ0v) is 18.8. The molecule has 2 fully saturated rings. The molecule has 4 unspecified atom stereocenters. The molecule has 0 aromatic heterocycles. The van der Waals surface area contributed by atoms with E-state index in [2.05, 4.69) is 29.2 Å². The van der Waals surface area contributed by atoms with Crippen LogP contribution in [0.5, 0.6) is 0 Å². The van der Waals surface area contributed by atoms with Crippen LogP contribution >= 0.6 is 35.6 Å². The van der Waals surface area contributed by atoms with Crippen molar-refractivity contribution in [3.8, 4) is 0 Å². The maximum atomic E-state index is 13.4. The highest BCUT2D eigenvalue weighted by Crippen LogP contribution is 2.60. The number of quaternary nitrogens is 1. The fourth-order valence-electron chi connectivity index (χ4n) is 5.73. The Morgan fingerprint density at radius 2 is 1.76 bits per heavy atom. The van der Waals surface area contributed by atoms with Gasteiger partial charge in [-0.1, -0.05) is 47.5 Å². The van der Waals surface area contributed by atoms with Gasteiger partial charge in [0, 0.05) is 30.0 Å². The molecule has 1 saturated heterocycles.